The molecule has 0 spiro atoms. The van der Waals surface area contributed by atoms with E-state index in [9.17, 15) is 14.4 Å². The number of likely N-dealkylation sites (N-methyl/N-ethyl adjacent to an activating group) is 1. The van der Waals surface area contributed by atoms with Crippen molar-refractivity contribution in [2.75, 3.05) is 26.7 Å². The molecule has 0 saturated carbocycles. The Hall–Kier alpha value is -1.79. The first kappa shape index (κ1) is 14.6. The molecule has 7 heteroatoms. The lowest BCUT2D eigenvalue weighted by molar-refractivity contribution is -0.143. The predicted molar refractivity (Wildman–Crippen MR) is 71.1 cm³/mol. The van der Waals surface area contributed by atoms with E-state index >= 15 is 0 Å². The van der Waals surface area contributed by atoms with Crippen LogP contribution in [0.25, 0.3) is 0 Å². The summed E-state index contributed by atoms with van der Waals surface area (Å²) in [5.74, 6) is -1.17. The monoisotopic (exact) mass is 283 g/mol. The Kier molecular flexibility index (Phi) is 4.15. The summed E-state index contributed by atoms with van der Waals surface area (Å²) in [6, 6.07) is -0.448. The summed E-state index contributed by atoms with van der Waals surface area (Å²) in [6.45, 7) is 3.26. The number of carboxylic acids is 1. The van der Waals surface area contributed by atoms with E-state index in [0.29, 0.717) is 25.9 Å². The van der Waals surface area contributed by atoms with Gasteiger partial charge in [0.15, 0.2) is 0 Å². The Balaban J connectivity index is 1.91. The van der Waals surface area contributed by atoms with Crippen LogP contribution >= 0.6 is 0 Å². The van der Waals surface area contributed by atoms with E-state index in [1.165, 1.54) is 0 Å². The average molecular weight is 283 g/mol. The van der Waals surface area contributed by atoms with E-state index in [4.69, 9.17) is 5.11 Å². The van der Waals surface area contributed by atoms with Crippen molar-refractivity contribution >= 4 is 17.9 Å². The van der Waals surface area contributed by atoms with Gasteiger partial charge in [-0.2, -0.15) is 0 Å². The minimum absolute atomic E-state index is 0.0192. The number of aliphatic carboxylic acids is 1. The van der Waals surface area contributed by atoms with Gasteiger partial charge in [0.1, 0.15) is 0 Å². The molecule has 3 unspecified atom stereocenters. The molecule has 20 heavy (non-hydrogen) atoms. The second-order valence-electron chi connectivity index (χ2n) is 5.91. The largest absolute Gasteiger partial charge is 0.481 e. The lowest BCUT2D eigenvalue weighted by Crippen LogP contribution is -2.52. The van der Waals surface area contributed by atoms with Gasteiger partial charge in [0.25, 0.3) is 0 Å². The fourth-order valence-corrected chi connectivity index (χ4v) is 2.92. The molecule has 0 aromatic rings. The molecule has 7 nitrogen and oxygen atoms in total. The first-order valence-corrected chi connectivity index (χ1v) is 6.89. The van der Waals surface area contributed by atoms with Gasteiger partial charge < -0.3 is 20.2 Å². The van der Waals surface area contributed by atoms with Crippen LogP contribution in [0.15, 0.2) is 0 Å². The Morgan fingerprint density at radius 1 is 1.30 bits per heavy atom. The molecule has 2 aliphatic rings. The molecule has 3 atom stereocenters. The Morgan fingerprint density at radius 3 is 2.55 bits per heavy atom. The number of carboxylic acid groups (broad SMARTS) is 1. The summed E-state index contributed by atoms with van der Waals surface area (Å²) in [4.78, 5) is 37.8. The van der Waals surface area contributed by atoms with Crippen LogP contribution in [0, 0.1) is 11.8 Å². The number of hydrogen-bond donors (Lipinski definition) is 2. The van der Waals surface area contributed by atoms with Gasteiger partial charge in [0.05, 0.1) is 12.0 Å². The summed E-state index contributed by atoms with van der Waals surface area (Å²) < 4.78 is 0. The van der Waals surface area contributed by atoms with Gasteiger partial charge >= 0.3 is 12.0 Å². The zero-order valence-corrected chi connectivity index (χ0v) is 11.8. The Morgan fingerprint density at radius 2 is 2.00 bits per heavy atom. The summed E-state index contributed by atoms with van der Waals surface area (Å²) >= 11 is 0. The molecule has 2 saturated heterocycles. The first-order valence-electron chi connectivity index (χ1n) is 6.89. The summed E-state index contributed by atoms with van der Waals surface area (Å²) in [5, 5.41) is 11.9. The molecular formula is C13H21N3O4. The lowest BCUT2D eigenvalue weighted by Gasteiger charge is -2.35. The van der Waals surface area contributed by atoms with E-state index < -0.39 is 11.9 Å². The summed E-state index contributed by atoms with van der Waals surface area (Å²) in [6.07, 6.45) is 0.914. The number of rotatable bonds is 2. The van der Waals surface area contributed by atoms with Crippen molar-refractivity contribution in [3.05, 3.63) is 0 Å². The fraction of sp³-hybridized carbons (Fsp3) is 0.769. The smallest absolute Gasteiger partial charge is 0.317 e. The van der Waals surface area contributed by atoms with Crippen LogP contribution in [0.2, 0.25) is 0 Å². The standard InChI is InChI=1S/C13H21N3O4/c1-8-3-9(12(18)19)6-16(5-8)13(20)14-10-4-11(17)15(2)7-10/h8-10H,3-7H2,1-2H3,(H,14,20)(H,18,19). The highest BCUT2D eigenvalue weighted by atomic mass is 16.4. The minimum Gasteiger partial charge on any atom is -0.481 e. The molecule has 0 radical (unpaired) electrons. The van der Waals surface area contributed by atoms with Crippen LogP contribution in [0.3, 0.4) is 0 Å². The van der Waals surface area contributed by atoms with Crippen LogP contribution < -0.4 is 5.32 Å². The third kappa shape index (κ3) is 3.20. The molecule has 0 aliphatic carbocycles. The molecule has 3 amide bonds. The number of hydrogen-bond acceptors (Lipinski definition) is 3. The molecule has 112 valence electrons. The molecule has 0 aromatic carbocycles. The number of piperidine rings is 1. The van der Waals surface area contributed by atoms with Crippen molar-refractivity contribution in [1.82, 2.24) is 15.1 Å². The second-order valence-corrected chi connectivity index (χ2v) is 5.91. The summed E-state index contributed by atoms with van der Waals surface area (Å²) in [5.41, 5.74) is 0. The van der Waals surface area contributed by atoms with Gasteiger partial charge in [0.2, 0.25) is 5.91 Å². The fourth-order valence-electron chi connectivity index (χ4n) is 2.92. The quantitative estimate of drug-likeness (QED) is 0.744. The number of amides is 3. The van der Waals surface area contributed by atoms with Crippen molar-refractivity contribution in [2.24, 2.45) is 11.8 Å². The van der Waals surface area contributed by atoms with Crippen molar-refractivity contribution in [3.8, 4) is 0 Å². The summed E-state index contributed by atoms with van der Waals surface area (Å²) in [7, 11) is 1.71. The van der Waals surface area contributed by atoms with Gasteiger partial charge in [-0.05, 0) is 12.3 Å². The molecule has 2 fully saturated rings. The molecule has 2 rings (SSSR count). The number of nitrogens with zero attached hydrogens (tertiary/aromatic N) is 2. The maximum atomic E-state index is 12.2. The van der Waals surface area contributed by atoms with E-state index in [1.54, 1.807) is 16.8 Å². The number of carbonyl (C=O) groups is 3. The normalized spacial score (nSPS) is 30.5. The van der Waals surface area contributed by atoms with E-state index in [2.05, 4.69) is 5.32 Å². The van der Waals surface area contributed by atoms with E-state index in [0.717, 1.165) is 0 Å². The number of urea groups is 1. The van der Waals surface area contributed by atoms with Gasteiger partial charge in [0, 0.05) is 33.1 Å². The topological polar surface area (TPSA) is 90.0 Å². The predicted octanol–water partition coefficient (Wildman–Crippen LogP) is -0.0307. The Labute approximate surface area is 117 Å². The Bertz CT molecular complexity index is 426. The first-order chi connectivity index (χ1) is 9.36. The second kappa shape index (κ2) is 5.68. The highest BCUT2D eigenvalue weighted by molar-refractivity contribution is 5.81. The molecular weight excluding hydrogens is 262 g/mol. The zero-order chi connectivity index (χ0) is 14.9. The number of carbonyl (C=O) groups excluding carboxylic acids is 2. The molecule has 0 aromatic heterocycles. The third-order valence-corrected chi connectivity index (χ3v) is 3.96. The maximum absolute atomic E-state index is 12.2. The van der Waals surface area contributed by atoms with Crippen molar-refractivity contribution in [3.63, 3.8) is 0 Å². The zero-order valence-electron chi connectivity index (χ0n) is 11.8. The van der Waals surface area contributed by atoms with Gasteiger partial charge in [-0.15, -0.1) is 0 Å². The highest BCUT2D eigenvalue weighted by Gasteiger charge is 2.34. The molecule has 2 N–H and O–H groups in total. The van der Waals surface area contributed by atoms with Crippen molar-refractivity contribution < 1.29 is 19.5 Å². The van der Waals surface area contributed by atoms with Gasteiger partial charge in [-0.1, -0.05) is 6.92 Å². The van der Waals surface area contributed by atoms with Crippen LogP contribution in [0.5, 0.6) is 0 Å². The molecule has 2 heterocycles. The van der Waals surface area contributed by atoms with Crippen LogP contribution in [0.4, 0.5) is 4.79 Å². The molecule has 2 aliphatic heterocycles. The number of nitrogens with one attached hydrogen (secondary N) is 1. The van der Waals surface area contributed by atoms with Crippen molar-refractivity contribution in [2.45, 2.75) is 25.8 Å². The lowest BCUT2D eigenvalue weighted by atomic mass is 9.91. The third-order valence-electron chi connectivity index (χ3n) is 3.96. The van der Waals surface area contributed by atoms with Crippen LogP contribution in [0.1, 0.15) is 19.8 Å². The number of likely N-dealkylation sites (tertiary alicyclic amines) is 2. The van der Waals surface area contributed by atoms with E-state index in [1.807, 2.05) is 6.92 Å². The van der Waals surface area contributed by atoms with Gasteiger partial charge in [-0.3, -0.25) is 9.59 Å². The minimum atomic E-state index is -0.856. The SMILES string of the molecule is CC1CC(C(=O)O)CN(C(=O)NC2CC(=O)N(C)C2)C1. The van der Waals surface area contributed by atoms with Gasteiger partial charge in [-0.25, -0.2) is 4.79 Å². The highest BCUT2D eigenvalue weighted by Crippen LogP contribution is 2.22. The van der Waals surface area contributed by atoms with Crippen LogP contribution in [-0.4, -0.2) is 65.5 Å². The average Bonchev–Trinajstić information content (AvgIpc) is 2.67. The molecule has 0 bridgehead atoms. The van der Waals surface area contributed by atoms with Crippen molar-refractivity contribution in [1.29, 1.82) is 0 Å². The maximum Gasteiger partial charge on any atom is 0.317 e. The van der Waals surface area contributed by atoms with E-state index in [-0.39, 0.29) is 30.4 Å². The van der Waals surface area contributed by atoms with Crippen LogP contribution in [-0.2, 0) is 9.59 Å².